The molecule has 1 saturated carbocycles. The molecule has 0 aromatic carbocycles. The van der Waals surface area contributed by atoms with Crippen LogP contribution in [0.4, 0.5) is 0 Å². The molecule has 4 rings (SSSR count). The van der Waals surface area contributed by atoms with Crippen molar-refractivity contribution in [2.24, 2.45) is 11.8 Å². The molecular weight excluding hydrogens is 198 g/mol. The zero-order chi connectivity index (χ0) is 10.5. The third kappa shape index (κ3) is 0.946. The van der Waals surface area contributed by atoms with Crippen LogP contribution >= 0.6 is 0 Å². The van der Waals surface area contributed by atoms with E-state index in [-0.39, 0.29) is 0 Å². The monoisotopic (exact) mass is 211 g/mol. The van der Waals surface area contributed by atoms with Gasteiger partial charge >= 0.3 is 0 Å². The van der Waals surface area contributed by atoms with Crippen LogP contribution < -0.4 is 0 Å². The van der Waals surface area contributed by atoms with E-state index in [4.69, 9.17) is 4.52 Å². The van der Waals surface area contributed by atoms with E-state index in [2.05, 4.69) is 23.4 Å². The van der Waals surface area contributed by atoms with Crippen molar-refractivity contribution in [3.05, 3.63) is 47.4 Å². The molecule has 0 spiro atoms. The molecule has 0 bridgehead atoms. The van der Waals surface area contributed by atoms with Gasteiger partial charge in [-0.3, -0.25) is 0 Å². The fourth-order valence-corrected chi connectivity index (χ4v) is 3.47. The van der Waals surface area contributed by atoms with Gasteiger partial charge in [-0.1, -0.05) is 29.0 Å². The van der Waals surface area contributed by atoms with Crippen molar-refractivity contribution in [1.29, 1.82) is 0 Å². The molecule has 3 aliphatic carbocycles. The van der Waals surface area contributed by atoms with Crippen LogP contribution in [-0.2, 0) is 0 Å². The molecule has 2 unspecified atom stereocenters. The maximum atomic E-state index is 5.30. The van der Waals surface area contributed by atoms with Crippen molar-refractivity contribution in [3.63, 3.8) is 0 Å². The molecule has 80 valence electrons. The van der Waals surface area contributed by atoms with Crippen LogP contribution in [0.3, 0.4) is 0 Å². The van der Waals surface area contributed by atoms with Gasteiger partial charge in [-0.15, -0.1) is 0 Å². The summed E-state index contributed by atoms with van der Waals surface area (Å²) >= 11 is 0. The van der Waals surface area contributed by atoms with Gasteiger partial charge in [0.15, 0.2) is 5.76 Å². The SMILES string of the molecule is C1=CC2=C3CCCC3C2C(c2ccno2)=C1. The molecule has 0 aliphatic heterocycles. The third-order valence-electron chi connectivity index (χ3n) is 4.13. The maximum absolute atomic E-state index is 5.30. The zero-order valence-corrected chi connectivity index (χ0v) is 9.02. The summed E-state index contributed by atoms with van der Waals surface area (Å²) in [7, 11) is 0. The normalized spacial score (nSPS) is 30.9. The molecule has 1 aromatic heterocycles. The predicted molar refractivity (Wildman–Crippen MR) is 61.5 cm³/mol. The first-order chi connectivity index (χ1) is 7.95. The first-order valence-electron chi connectivity index (χ1n) is 5.97. The van der Waals surface area contributed by atoms with Crippen LogP contribution in [0.15, 0.2) is 46.2 Å². The van der Waals surface area contributed by atoms with Gasteiger partial charge in [0.1, 0.15) is 0 Å². The number of rotatable bonds is 1. The van der Waals surface area contributed by atoms with Gasteiger partial charge in [-0.2, -0.15) is 0 Å². The van der Waals surface area contributed by atoms with E-state index in [9.17, 15) is 0 Å². The average Bonchev–Trinajstić information content (AvgIpc) is 2.94. The standard InChI is InChI=1S/C14H13NO/c1-3-9-10(4-1)14-11(9)5-2-6-12(14)13-7-8-15-16-13/h2,5-8,10,14H,1,3-4H2. The van der Waals surface area contributed by atoms with Crippen LogP contribution in [0, 0.1) is 11.8 Å². The number of hydrogen-bond acceptors (Lipinski definition) is 2. The Morgan fingerprint density at radius 2 is 2.38 bits per heavy atom. The fraction of sp³-hybridized carbons (Fsp3) is 0.357. The second-order valence-corrected chi connectivity index (χ2v) is 4.81. The summed E-state index contributed by atoms with van der Waals surface area (Å²) in [5, 5.41) is 3.81. The fourth-order valence-electron chi connectivity index (χ4n) is 3.47. The highest BCUT2D eigenvalue weighted by Crippen LogP contribution is 2.57. The second-order valence-electron chi connectivity index (χ2n) is 4.81. The van der Waals surface area contributed by atoms with E-state index in [0.29, 0.717) is 5.92 Å². The van der Waals surface area contributed by atoms with E-state index < -0.39 is 0 Å². The van der Waals surface area contributed by atoms with E-state index in [1.54, 1.807) is 17.3 Å². The minimum absolute atomic E-state index is 0.593. The van der Waals surface area contributed by atoms with Gasteiger partial charge in [0.25, 0.3) is 0 Å². The average molecular weight is 211 g/mol. The van der Waals surface area contributed by atoms with Crippen LogP contribution in [0.5, 0.6) is 0 Å². The Morgan fingerprint density at radius 3 is 3.25 bits per heavy atom. The molecular formula is C14H13NO. The molecule has 1 aromatic rings. The Morgan fingerprint density at radius 1 is 1.38 bits per heavy atom. The van der Waals surface area contributed by atoms with Gasteiger partial charge in [0.2, 0.25) is 0 Å². The molecule has 0 amide bonds. The predicted octanol–water partition coefficient (Wildman–Crippen LogP) is 3.35. The van der Waals surface area contributed by atoms with Gasteiger partial charge in [0, 0.05) is 17.6 Å². The molecule has 0 saturated heterocycles. The summed E-state index contributed by atoms with van der Waals surface area (Å²) in [5.74, 6) is 2.32. The van der Waals surface area contributed by atoms with E-state index in [1.165, 1.54) is 24.8 Å². The molecule has 3 aliphatic rings. The number of hydrogen-bond donors (Lipinski definition) is 0. The molecule has 2 heteroatoms. The molecule has 1 heterocycles. The summed E-state index contributed by atoms with van der Waals surface area (Å²) in [5.41, 5.74) is 4.58. The highest BCUT2D eigenvalue weighted by molar-refractivity contribution is 5.75. The van der Waals surface area contributed by atoms with Crippen molar-refractivity contribution < 1.29 is 4.52 Å². The Bertz CT molecular complexity index is 519. The Kier molecular flexibility index (Phi) is 1.59. The van der Waals surface area contributed by atoms with E-state index in [0.717, 1.165) is 11.7 Å². The van der Waals surface area contributed by atoms with Gasteiger partial charge in [0.05, 0.1) is 6.20 Å². The summed E-state index contributed by atoms with van der Waals surface area (Å²) in [6.45, 7) is 0. The summed E-state index contributed by atoms with van der Waals surface area (Å²) in [4.78, 5) is 0. The summed E-state index contributed by atoms with van der Waals surface area (Å²) in [6, 6.07) is 1.97. The maximum Gasteiger partial charge on any atom is 0.163 e. The summed E-state index contributed by atoms with van der Waals surface area (Å²) in [6.07, 6.45) is 12.4. The van der Waals surface area contributed by atoms with Crippen molar-refractivity contribution in [2.45, 2.75) is 19.3 Å². The van der Waals surface area contributed by atoms with E-state index >= 15 is 0 Å². The van der Waals surface area contributed by atoms with Gasteiger partial charge in [-0.25, -0.2) is 0 Å². The first kappa shape index (κ1) is 8.57. The lowest BCUT2D eigenvalue weighted by atomic mass is 9.64. The van der Waals surface area contributed by atoms with Crippen molar-refractivity contribution >= 4 is 5.57 Å². The van der Waals surface area contributed by atoms with Crippen LogP contribution in [0.1, 0.15) is 25.0 Å². The van der Waals surface area contributed by atoms with Crippen LogP contribution in [0.2, 0.25) is 0 Å². The molecule has 16 heavy (non-hydrogen) atoms. The molecule has 2 nitrogen and oxygen atoms in total. The minimum Gasteiger partial charge on any atom is -0.357 e. The Hall–Kier alpha value is -1.57. The first-order valence-corrected chi connectivity index (χ1v) is 5.97. The van der Waals surface area contributed by atoms with Crippen LogP contribution in [0.25, 0.3) is 5.57 Å². The zero-order valence-electron chi connectivity index (χ0n) is 9.02. The lowest BCUT2D eigenvalue weighted by Gasteiger charge is -2.40. The quantitative estimate of drug-likeness (QED) is 0.712. The second kappa shape index (κ2) is 2.97. The van der Waals surface area contributed by atoms with Gasteiger partial charge in [-0.05, 0) is 30.8 Å². The smallest absolute Gasteiger partial charge is 0.163 e. The van der Waals surface area contributed by atoms with Crippen molar-refractivity contribution in [3.8, 4) is 0 Å². The Balaban J connectivity index is 1.81. The lowest BCUT2D eigenvalue weighted by molar-refractivity contribution is 0.394. The summed E-state index contributed by atoms with van der Waals surface area (Å²) < 4.78 is 5.30. The lowest BCUT2D eigenvalue weighted by Crippen LogP contribution is -2.29. The van der Waals surface area contributed by atoms with Crippen LogP contribution in [-0.4, -0.2) is 5.16 Å². The van der Waals surface area contributed by atoms with E-state index in [1.807, 2.05) is 6.07 Å². The topological polar surface area (TPSA) is 26.0 Å². The number of aromatic nitrogens is 1. The molecule has 1 fully saturated rings. The molecule has 0 N–H and O–H groups in total. The highest BCUT2D eigenvalue weighted by Gasteiger charge is 2.44. The third-order valence-corrected chi connectivity index (χ3v) is 4.13. The largest absolute Gasteiger partial charge is 0.357 e. The molecule has 2 atom stereocenters. The van der Waals surface area contributed by atoms with Crippen molar-refractivity contribution in [1.82, 2.24) is 5.16 Å². The molecule has 0 radical (unpaired) electrons. The Labute approximate surface area is 94.3 Å². The minimum atomic E-state index is 0.593. The highest BCUT2D eigenvalue weighted by atomic mass is 16.5. The number of nitrogens with zero attached hydrogens (tertiary/aromatic N) is 1. The number of fused-ring (bicyclic) bond motifs is 3. The van der Waals surface area contributed by atoms with Gasteiger partial charge < -0.3 is 4.52 Å². The van der Waals surface area contributed by atoms with Crippen molar-refractivity contribution in [2.75, 3.05) is 0 Å². The number of allylic oxidation sites excluding steroid dienone is 6.